The molecule has 0 saturated carbocycles. The van der Waals surface area contributed by atoms with Crippen molar-refractivity contribution in [1.29, 1.82) is 5.26 Å². The molecular formula is C20H17N5O2. The zero-order chi connectivity index (χ0) is 18.6. The largest absolute Gasteiger partial charge is 0.459 e. The van der Waals surface area contributed by atoms with Crippen molar-refractivity contribution in [2.45, 2.75) is 0 Å². The lowest BCUT2D eigenvalue weighted by Gasteiger charge is -2.35. The van der Waals surface area contributed by atoms with Crippen LogP contribution in [0.15, 0.2) is 59.5 Å². The summed E-state index contributed by atoms with van der Waals surface area (Å²) >= 11 is 0. The third-order valence-electron chi connectivity index (χ3n) is 4.59. The maximum absolute atomic E-state index is 12.4. The number of amides is 1. The Hall–Kier alpha value is -3.66. The molecule has 0 bridgehead atoms. The highest BCUT2D eigenvalue weighted by molar-refractivity contribution is 5.91. The maximum Gasteiger partial charge on any atom is 0.289 e. The molecule has 4 rings (SSSR count). The Bertz CT molecular complexity index is 968. The molecule has 0 aliphatic carbocycles. The lowest BCUT2D eigenvalue weighted by molar-refractivity contribution is 0.0714. The first-order valence-electron chi connectivity index (χ1n) is 8.65. The number of aromatic nitrogens is 2. The van der Waals surface area contributed by atoms with Crippen molar-refractivity contribution < 1.29 is 9.21 Å². The molecule has 1 aliphatic rings. The van der Waals surface area contributed by atoms with Gasteiger partial charge in [-0.3, -0.25) is 4.79 Å². The van der Waals surface area contributed by atoms with Crippen molar-refractivity contribution in [1.82, 2.24) is 14.9 Å². The highest BCUT2D eigenvalue weighted by atomic mass is 16.3. The molecule has 0 radical (unpaired) electrons. The van der Waals surface area contributed by atoms with Crippen LogP contribution in [-0.2, 0) is 0 Å². The smallest absolute Gasteiger partial charge is 0.289 e. The fraction of sp³-hybridized carbons (Fsp3) is 0.200. The molecular weight excluding hydrogens is 342 g/mol. The van der Waals surface area contributed by atoms with Crippen LogP contribution >= 0.6 is 0 Å². The maximum atomic E-state index is 12.4. The van der Waals surface area contributed by atoms with Crippen LogP contribution in [0.5, 0.6) is 0 Å². The van der Waals surface area contributed by atoms with E-state index in [0.717, 1.165) is 17.1 Å². The van der Waals surface area contributed by atoms with E-state index in [1.54, 1.807) is 35.5 Å². The first-order chi connectivity index (χ1) is 13.2. The molecule has 134 valence electrons. The lowest BCUT2D eigenvalue weighted by Crippen LogP contribution is -2.49. The number of nitrogens with zero attached hydrogens (tertiary/aromatic N) is 5. The van der Waals surface area contributed by atoms with Crippen LogP contribution in [0.4, 0.5) is 5.82 Å². The van der Waals surface area contributed by atoms with E-state index in [0.29, 0.717) is 37.5 Å². The molecule has 1 aliphatic heterocycles. The first kappa shape index (κ1) is 16.8. The van der Waals surface area contributed by atoms with Gasteiger partial charge in [-0.2, -0.15) is 5.26 Å². The van der Waals surface area contributed by atoms with E-state index in [-0.39, 0.29) is 5.91 Å². The van der Waals surface area contributed by atoms with E-state index in [1.165, 1.54) is 6.26 Å². The number of hydrogen-bond donors (Lipinski definition) is 0. The van der Waals surface area contributed by atoms with Gasteiger partial charge in [-0.15, -0.1) is 0 Å². The van der Waals surface area contributed by atoms with Gasteiger partial charge in [0, 0.05) is 37.8 Å². The summed E-state index contributed by atoms with van der Waals surface area (Å²) in [5.74, 6) is 1.11. The number of carbonyl (C=O) groups excluding carboxylic acids is 1. The van der Waals surface area contributed by atoms with E-state index in [2.05, 4.69) is 20.9 Å². The van der Waals surface area contributed by atoms with Crippen LogP contribution in [0.2, 0.25) is 0 Å². The molecule has 7 nitrogen and oxygen atoms in total. The van der Waals surface area contributed by atoms with Crippen LogP contribution in [0.1, 0.15) is 16.1 Å². The average Bonchev–Trinajstić information content (AvgIpc) is 3.28. The summed E-state index contributed by atoms with van der Waals surface area (Å²) in [7, 11) is 0. The molecule has 2 aromatic heterocycles. The van der Waals surface area contributed by atoms with E-state index in [4.69, 9.17) is 9.68 Å². The normalized spacial score (nSPS) is 14.0. The predicted octanol–water partition coefficient (Wildman–Crippen LogP) is 2.57. The Balaban J connectivity index is 1.45. The third kappa shape index (κ3) is 3.51. The molecule has 27 heavy (non-hydrogen) atoms. The SMILES string of the molecule is N#Cc1ccc(-c2cc(N3CCN(C(=O)c4ccco4)CC3)ncn2)cc1. The number of carbonyl (C=O) groups is 1. The highest BCUT2D eigenvalue weighted by Crippen LogP contribution is 2.22. The van der Waals surface area contributed by atoms with Crippen LogP contribution < -0.4 is 4.90 Å². The molecule has 0 spiro atoms. The molecule has 1 amide bonds. The Labute approximate surface area is 156 Å². The van der Waals surface area contributed by atoms with Gasteiger partial charge in [-0.1, -0.05) is 12.1 Å². The van der Waals surface area contributed by atoms with Crippen molar-refractivity contribution >= 4 is 11.7 Å². The van der Waals surface area contributed by atoms with Crippen molar-refractivity contribution in [3.8, 4) is 17.3 Å². The zero-order valence-electron chi connectivity index (χ0n) is 14.6. The van der Waals surface area contributed by atoms with Gasteiger partial charge in [0.05, 0.1) is 23.6 Å². The Morgan fingerprint density at radius 1 is 1.07 bits per heavy atom. The zero-order valence-corrected chi connectivity index (χ0v) is 14.6. The molecule has 0 atom stereocenters. The van der Waals surface area contributed by atoms with Gasteiger partial charge in [0.15, 0.2) is 5.76 Å². The van der Waals surface area contributed by atoms with E-state index in [9.17, 15) is 4.79 Å². The summed E-state index contributed by atoms with van der Waals surface area (Å²) in [6.07, 6.45) is 3.05. The second-order valence-electron chi connectivity index (χ2n) is 6.21. The molecule has 3 aromatic rings. The van der Waals surface area contributed by atoms with Gasteiger partial charge in [0.2, 0.25) is 0 Å². The standard InChI is InChI=1S/C20H17N5O2/c21-13-15-3-5-16(6-4-15)17-12-19(23-14-22-17)24-7-9-25(10-8-24)20(26)18-2-1-11-27-18/h1-6,11-12,14H,7-10H2. The van der Waals surface area contributed by atoms with Crippen LogP contribution in [0, 0.1) is 11.3 Å². The summed E-state index contributed by atoms with van der Waals surface area (Å²) in [5.41, 5.74) is 2.35. The number of hydrogen-bond acceptors (Lipinski definition) is 6. The van der Waals surface area contributed by atoms with Crippen LogP contribution in [0.25, 0.3) is 11.3 Å². The summed E-state index contributed by atoms with van der Waals surface area (Å²) in [6.45, 7) is 2.60. The molecule has 3 heterocycles. The van der Waals surface area contributed by atoms with Crippen molar-refractivity contribution in [2.75, 3.05) is 31.1 Å². The highest BCUT2D eigenvalue weighted by Gasteiger charge is 2.24. The Morgan fingerprint density at radius 2 is 1.85 bits per heavy atom. The number of furan rings is 1. The van der Waals surface area contributed by atoms with Gasteiger partial charge in [0.25, 0.3) is 5.91 Å². The predicted molar refractivity (Wildman–Crippen MR) is 99.0 cm³/mol. The minimum absolute atomic E-state index is 0.0828. The van der Waals surface area contributed by atoms with Gasteiger partial charge >= 0.3 is 0 Å². The average molecular weight is 359 g/mol. The van der Waals surface area contributed by atoms with Crippen molar-refractivity contribution in [3.05, 3.63) is 66.4 Å². The number of piperazine rings is 1. The minimum atomic E-state index is -0.0828. The third-order valence-corrected chi connectivity index (χ3v) is 4.59. The van der Waals surface area contributed by atoms with E-state index in [1.807, 2.05) is 18.2 Å². The molecule has 1 aromatic carbocycles. The minimum Gasteiger partial charge on any atom is -0.459 e. The number of benzene rings is 1. The fourth-order valence-electron chi connectivity index (χ4n) is 3.09. The van der Waals surface area contributed by atoms with Crippen molar-refractivity contribution in [2.24, 2.45) is 0 Å². The van der Waals surface area contributed by atoms with E-state index < -0.39 is 0 Å². The Kier molecular flexibility index (Phi) is 4.54. The fourth-order valence-corrected chi connectivity index (χ4v) is 3.09. The van der Waals surface area contributed by atoms with Crippen LogP contribution in [0.3, 0.4) is 0 Å². The second-order valence-corrected chi connectivity index (χ2v) is 6.21. The molecule has 1 saturated heterocycles. The second kappa shape index (κ2) is 7.30. The summed E-state index contributed by atoms with van der Waals surface area (Å²) in [4.78, 5) is 25.0. The molecule has 0 unspecified atom stereocenters. The summed E-state index contributed by atoms with van der Waals surface area (Å²) in [5, 5.41) is 8.92. The molecule has 1 fully saturated rings. The van der Waals surface area contributed by atoms with Gasteiger partial charge in [0.1, 0.15) is 12.1 Å². The summed E-state index contributed by atoms with van der Waals surface area (Å²) in [6, 6.07) is 14.8. The quantitative estimate of drug-likeness (QED) is 0.714. The lowest BCUT2D eigenvalue weighted by atomic mass is 10.1. The summed E-state index contributed by atoms with van der Waals surface area (Å²) < 4.78 is 5.20. The van der Waals surface area contributed by atoms with Gasteiger partial charge < -0.3 is 14.2 Å². The molecule has 0 N–H and O–H groups in total. The van der Waals surface area contributed by atoms with E-state index >= 15 is 0 Å². The van der Waals surface area contributed by atoms with Gasteiger partial charge in [-0.05, 0) is 24.3 Å². The first-order valence-corrected chi connectivity index (χ1v) is 8.65. The molecule has 7 heteroatoms. The van der Waals surface area contributed by atoms with Crippen LogP contribution in [-0.4, -0.2) is 47.0 Å². The monoisotopic (exact) mass is 359 g/mol. The number of anilines is 1. The number of nitriles is 1. The van der Waals surface area contributed by atoms with Crippen molar-refractivity contribution in [3.63, 3.8) is 0 Å². The Morgan fingerprint density at radius 3 is 2.52 bits per heavy atom. The topological polar surface area (TPSA) is 86.3 Å². The van der Waals surface area contributed by atoms with Gasteiger partial charge in [-0.25, -0.2) is 9.97 Å². The number of rotatable bonds is 3.